The van der Waals surface area contributed by atoms with E-state index in [4.69, 9.17) is 15.2 Å². The molecule has 1 atom stereocenters. The van der Waals surface area contributed by atoms with Gasteiger partial charge in [-0.2, -0.15) is 0 Å². The molecule has 0 radical (unpaired) electrons. The number of ether oxygens (including phenoxy) is 2. The van der Waals surface area contributed by atoms with Gasteiger partial charge < -0.3 is 15.2 Å². The fraction of sp³-hybridized carbons (Fsp3) is 0.625. The first-order valence-corrected chi connectivity index (χ1v) is 7.44. The predicted octanol–water partition coefficient (Wildman–Crippen LogP) is 3.04. The number of nitrogens with zero attached hydrogens (tertiary/aromatic N) is 1. The van der Waals surface area contributed by atoms with Gasteiger partial charge in [-0.1, -0.05) is 6.07 Å². The summed E-state index contributed by atoms with van der Waals surface area (Å²) in [6.45, 7) is 5.89. The molecule has 0 aromatic heterocycles. The van der Waals surface area contributed by atoms with E-state index < -0.39 is 0 Å². The second-order valence-corrected chi connectivity index (χ2v) is 5.54. The van der Waals surface area contributed by atoms with Crippen molar-refractivity contribution in [3.05, 3.63) is 23.8 Å². The van der Waals surface area contributed by atoms with Gasteiger partial charge in [0, 0.05) is 12.6 Å². The van der Waals surface area contributed by atoms with Crippen molar-refractivity contribution < 1.29 is 9.47 Å². The third kappa shape index (κ3) is 6.61. The second-order valence-electron chi connectivity index (χ2n) is 5.54. The van der Waals surface area contributed by atoms with Crippen molar-refractivity contribution in [2.24, 2.45) is 5.73 Å². The summed E-state index contributed by atoms with van der Waals surface area (Å²) in [5, 5.41) is 0. The van der Waals surface area contributed by atoms with E-state index in [-0.39, 0.29) is 24.8 Å². The van der Waals surface area contributed by atoms with Crippen molar-refractivity contribution in [1.82, 2.24) is 4.90 Å². The number of hydrogen-bond acceptors (Lipinski definition) is 4. The summed E-state index contributed by atoms with van der Waals surface area (Å²) < 4.78 is 11.2. The zero-order valence-electron chi connectivity index (χ0n) is 13.4. The number of aryl methyl sites for hydroxylation is 1. The smallest absolute Gasteiger partial charge is 0.161 e. The quantitative estimate of drug-likeness (QED) is 0.886. The number of hydrogen-bond donors (Lipinski definition) is 1. The molecule has 22 heavy (non-hydrogen) atoms. The molecule has 128 valence electrons. The van der Waals surface area contributed by atoms with Gasteiger partial charge in [0.25, 0.3) is 0 Å². The van der Waals surface area contributed by atoms with Crippen LogP contribution in [0.3, 0.4) is 0 Å². The highest BCUT2D eigenvalue weighted by molar-refractivity contribution is 5.85. The van der Waals surface area contributed by atoms with Gasteiger partial charge in [-0.3, -0.25) is 4.90 Å². The Morgan fingerprint density at radius 2 is 1.95 bits per heavy atom. The van der Waals surface area contributed by atoms with Crippen LogP contribution < -0.4 is 15.2 Å². The van der Waals surface area contributed by atoms with E-state index in [1.165, 1.54) is 12.0 Å². The number of benzene rings is 1. The summed E-state index contributed by atoms with van der Waals surface area (Å²) in [7, 11) is 1.68. The molecule has 0 amide bonds. The summed E-state index contributed by atoms with van der Waals surface area (Å²) in [4.78, 5) is 2.44. The molecule has 6 heteroatoms. The molecule has 2 N–H and O–H groups in total. The topological polar surface area (TPSA) is 47.7 Å². The van der Waals surface area contributed by atoms with Gasteiger partial charge in [0.15, 0.2) is 11.5 Å². The Bertz CT molecular complexity index is 433. The monoisotopic (exact) mass is 350 g/mol. The zero-order chi connectivity index (χ0) is 14.4. The molecule has 1 saturated heterocycles. The van der Waals surface area contributed by atoms with E-state index in [1.54, 1.807) is 7.11 Å². The fourth-order valence-corrected chi connectivity index (χ4v) is 2.58. The molecule has 0 saturated carbocycles. The molecule has 4 nitrogen and oxygen atoms in total. The maximum absolute atomic E-state index is 5.99. The summed E-state index contributed by atoms with van der Waals surface area (Å²) >= 11 is 0. The van der Waals surface area contributed by atoms with Crippen LogP contribution in [-0.4, -0.2) is 44.3 Å². The lowest BCUT2D eigenvalue weighted by Gasteiger charge is -2.20. The maximum Gasteiger partial charge on any atom is 0.161 e. The second kappa shape index (κ2) is 10.9. The highest BCUT2D eigenvalue weighted by Crippen LogP contribution is 2.27. The van der Waals surface area contributed by atoms with Crippen LogP contribution in [0.4, 0.5) is 0 Å². The SMILES string of the molecule is COc1cc(C)ccc1OCCN1CCCC(N)CC1.Cl.Cl. The summed E-state index contributed by atoms with van der Waals surface area (Å²) in [5.74, 6) is 1.63. The van der Waals surface area contributed by atoms with Crippen LogP contribution in [0.25, 0.3) is 0 Å². The summed E-state index contributed by atoms with van der Waals surface area (Å²) in [6, 6.07) is 6.40. The molecule has 1 aliphatic rings. The van der Waals surface area contributed by atoms with Gasteiger partial charge in [-0.25, -0.2) is 0 Å². The molecular formula is C16H28Cl2N2O2. The maximum atomic E-state index is 5.99. The normalized spacial score (nSPS) is 18.6. The minimum atomic E-state index is 0. The van der Waals surface area contributed by atoms with Crippen LogP contribution in [0.2, 0.25) is 0 Å². The van der Waals surface area contributed by atoms with E-state index in [9.17, 15) is 0 Å². The highest BCUT2D eigenvalue weighted by atomic mass is 35.5. The fourth-order valence-electron chi connectivity index (χ4n) is 2.58. The predicted molar refractivity (Wildman–Crippen MR) is 96.0 cm³/mol. The molecule has 0 bridgehead atoms. The average molecular weight is 351 g/mol. The van der Waals surface area contributed by atoms with Gasteiger partial charge >= 0.3 is 0 Å². The number of rotatable bonds is 5. The van der Waals surface area contributed by atoms with Crippen LogP contribution in [0.5, 0.6) is 11.5 Å². The van der Waals surface area contributed by atoms with Crippen molar-refractivity contribution in [2.75, 3.05) is 33.4 Å². The molecule has 0 spiro atoms. The largest absolute Gasteiger partial charge is 0.493 e. The minimum absolute atomic E-state index is 0. The molecule has 1 aliphatic heterocycles. The molecule has 2 rings (SSSR count). The number of nitrogens with two attached hydrogens (primary N) is 1. The summed E-state index contributed by atoms with van der Waals surface area (Å²) in [6.07, 6.45) is 3.42. The Balaban J connectivity index is 0.00000220. The molecule has 1 heterocycles. The Morgan fingerprint density at radius 3 is 2.68 bits per heavy atom. The standard InChI is InChI=1S/C16H26N2O2.2ClH/c1-13-5-6-15(16(12-13)19-2)20-11-10-18-8-3-4-14(17)7-9-18;;/h5-6,12,14H,3-4,7-11,17H2,1-2H3;2*1H. The molecular weight excluding hydrogens is 323 g/mol. The Morgan fingerprint density at radius 1 is 1.18 bits per heavy atom. The number of likely N-dealkylation sites (tertiary alicyclic amines) is 1. The van der Waals surface area contributed by atoms with Crippen LogP contribution in [0, 0.1) is 6.92 Å². The van der Waals surface area contributed by atoms with E-state index in [1.807, 2.05) is 25.1 Å². The van der Waals surface area contributed by atoms with Crippen molar-refractivity contribution in [3.8, 4) is 11.5 Å². The molecule has 1 unspecified atom stereocenters. The van der Waals surface area contributed by atoms with Crippen LogP contribution in [-0.2, 0) is 0 Å². The molecule has 1 fully saturated rings. The third-order valence-electron chi connectivity index (χ3n) is 3.85. The number of methoxy groups -OCH3 is 1. The molecule has 1 aromatic carbocycles. The first-order valence-electron chi connectivity index (χ1n) is 7.44. The van der Waals surface area contributed by atoms with Gasteiger partial charge in [0.05, 0.1) is 7.11 Å². The first kappa shape index (κ1) is 21.3. The van der Waals surface area contributed by atoms with E-state index >= 15 is 0 Å². The third-order valence-corrected chi connectivity index (χ3v) is 3.85. The summed E-state index contributed by atoms with van der Waals surface area (Å²) in [5.41, 5.74) is 7.17. The van der Waals surface area contributed by atoms with Crippen molar-refractivity contribution >= 4 is 24.8 Å². The molecule has 1 aromatic rings. The highest BCUT2D eigenvalue weighted by Gasteiger charge is 2.14. The lowest BCUT2D eigenvalue weighted by Crippen LogP contribution is -2.30. The first-order chi connectivity index (χ1) is 9.69. The zero-order valence-corrected chi connectivity index (χ0v) is 15.0. The van der Waals surface area contributed by atoms with Crippen molar-refractivity contribution in [2.45, 2.75) is 32.2 Å². The Kier molecular flexibility index (Phi) is 10.6. The average Bonchev–Trinajstić information content (AvgIpc) is 2.65. The van der Waals surface area contributed by atoms with E-state index in [0.717, 1.165) is 44.0 Å². The van der Waals surface area contributed by atoms with E-state index in [2.05, 4.69) is 4.90 Å². The van der Waals surface area contributed by atoms with E-state index in [0.29, 0.717) is 12.6 Å². The van der Waals surface area contributed by atoms with Gasteiger partial charge in [0.1, 0.15) is 6.61 Å². The Hall–Kier alpha value is -0.680. The van der Waals surface area contributed by atoms with Crippen LogP contribution in [0.1, 0.15) is 24.8 Å². The lowest BCUT2D eigenvalue weighted by atomic mass is 10.1. The van der Waals surface area contributed by atoms with Crippen molar-refractivity contribution in [1.29, 1.82) is 0 Å². The minimum Gasteiger partial charge on any atom is -0.493 e. The van der Waals surface area contributed by atoms with Crippen molar-refractivity contribution in [3.63, 3.8) is 0 Å². The number of halogens is 2. The van der Waals surface area contributed by atoms with Gasteiger partial charge in [0.2, 0.25) is 0 Å². The van der Waals surface area contributed by atoms with Gasteiger partial charge in [-0.15, -0.1) is 24.8 Å². The van der Waals surface area contributed by atoms with Crippen LogP contribution >= 0.6 is 24.8 Å². The van der Waals surface area contributed by atoms with Crippen LogP contribution in [0.15, 0.2) is 18.2 Å². The molecule has 0 aliphatic carbocycles. The lowest BCUT2D eigenvalue weighted by molar-refractivity contribution is 0.208. The Labute approximate surface area is 146 Å². The van der Waals surface area contributed by atoms with Gasteiger partial charge in [-0.05, 0) is 57.0 Å².